The van der Waals surface area contributed by atoms with Gasteiger partial charge < -0.3 is 14.4 Å². The third-order valence-electron chi connectivity index (χ3n) is 3.56. The average molecular weight is 358 g/mol. The van der Waals surface area contributed by atoms with Gasteiger partial charge in [0, 0.05) is 32.6 Å². The molecule has 0 atom stereocenters. The van der Waals surface area contributed by atoms with Gasteiger partial charge in [-0.1, -0.05) is 13.3 Å². The summed E-state index contributed by atoms with van der Waals surface area (Å²) in [6.45, 7) is 4.59. The molecular weight excluding hydrogens is 332 g/mol. The summed E-state index contributed by atoms with van der Waals surface area (Å²) in [5.74, 6) is 0.587. The summed E-state index contributed by atoms with van der Waals surface area (Å²) in [5, 5.41) is 0. The number of ether oxygens (including phenoxy) is 2. The molecule has 0 aliphatic rings. The smallest absolute Gasteiger partial charge is 0.244 e. The molecular formula is C16H26N2O5S. The molecule has 1 aromatic rings. The normalized spacial score (nSPS) is 11.2. The lowest BCUT2D eigenvalue weighted by Crippen LogP contribution is -2.38. The number of sulfonamides is 1. The largest absolute Gasteiger partial charge is 0.497 e. The van der Waals surface area contributed by atoms with Crippen LogP contribution in [0.2, 0.25) is 0 Å². The first-order valence-corrected chi connectivity index (χ1v) is 9.31. The fourth-order valence-electron chi connectivity index (χ4n) is 2.16. The van der Waals surface area contributed by atoms with E-state index in [1.807, 2.05) is 6.92 Å². The number of carbonyl (C=O) groups is 1. The minimum Gasteiger partial charge on any atom is -0.497 e. The van der Waals surface area contributed by atoms with Crippen LogP contribution in [0.4, 0.5) is 0 Å². The van der Waals surface area contributed by atoms with Gasteiger partial charge in [0.1, 0.15) is 16.4 Å². The Bertz CT molecular complexity index is 646. The lowest BCUT2D eigenvalue weighted by atomic mass is 10.3. The molecule has 24 heavy (non-hydrogen) atoms. The standard InChI is InChI=1S/C16H26N2O5S/c1-5-6-10-18(13(2)19)11-9-17-24(20,21)16-12-14(22-3)7-8-15(16)23-4/h7-8,12,17H,5-6,9-11H2,1-4H3. The highest BCUT2D eigenvalue weighted by atomic mass is 32.2. The molecule has 0 saturated heterocycles. The predicted molar refractivity (Wildman–Crippen MR) is 91.9 cm³/mol. The van der Waals surface area contributed by atoms with Crippen molar-refractivity contribution in [3.63, 3.8) is 0 Å². The molecule has 1 amide bonds. The maximum absolute atomic E-state index is 12.5. The number of benzene rings is 1. The molecule has 1 rings (SSSR count). The van der Waals surface area contributed by atoms with Gasteiger partial charge in [-0.2, -0.15) is 0 Å². The first-order chi connectivity index (χ1) is 11.4. The highest BCUT2D eigenvalue weighted by Crippen LogP contribution is 2.27. The van der Waals surface area contributed by atoms with Crippen molar-refractivity contribution in [2.75, 3.05) is 33.9 Å². The second kappa shape index (κ2) is 9.48. The Labute approximate surface area is 144 Å². The Kier molecular flexibility index (Phi) is 8.00. The number of nitrogens with one attached hydrogen (secondary N) is 1. The van der Waals surface area contributed by atoms with Crippen LogP contribution in [0.15, 0.2) is 23.1 Å². The zero-order chi connectivity index (χ0) is 18.2. The summed E-state index contributed by atoms with van der Waals surface area (Å²) in [5.41, 5.74) is 0. The van der Waals surface area contributed by atoms with Gasteiger partial charge in [0.2, 0.25) is 15.9 Å². The second-order valence-electron chi connectivity index (χ2n) is 5.27. The number of nitrogens with zero attached hydrogens (tertiary/aromatic N) is 1. The molecule has 0 heterocycles. The van der Waals surface area contributed by atoms with Crippen molar-refractivity contribution in [1.29, 1.82) is 0 Å². The van der Waals surface area contributed by atoms with E-state index in [1.54, 1.807) is 11.0 Å². The summed E-state index contributed by atoms with van der Waals surface area (Å²) in [4.78, 5) is 13.2. The van der Waals surface area contributed by atoms with E-state index in [9.17, 15) is 13.2 Å². The summed E-state index contributed by atoms with van der Waals surface area (Å²) in [6, 6.07) is 4.57. The van der Waals surface area contributed by atoms with Crippen LogP contribution in [0.25, 0.3) is 0 Å². The van der Waals surface area contributed by atoms with Gasteiger partial charge in [-0.25, -0.2) is 13.1 Å². The van der Waals surface area contributed by atoms with Gasteiger partial charge >= 0.3 is 0 Å². The molecule has 0 aliphatic carbocycles. The van der Waals surface area contributed by atoms with Crippen molar-refractivity contribution < 1.29 is 22.7 Å². The van der Waals surface area contributed by atoms with Crippen molar-refractivity contribution in [2.45, 2.75) is 31.6 Å². The van der Waals surface area contributed by atoms with Crippen molar-refractivity contribution in [3.8, 4) is 11.5 Å². The number of hydrogen-bond acceptors (Lipinski definition) is 5. The zero-order valence-corrected chi connectivity index (χ0v) is 15.5. The highest BCUT2D eigenvalue weighted by Gasteiger charge is 2.20. The van der Waals surface area contributed by atoms with E-state index >= 15 is 0 Å². The maximum Gasteiger partial charge on any atom is 0.244 e. The van der Waals surface area contributed by atoms with E-state index in [2.05, 4.69) is 4.72 Å². The third-order valence-corrected chi connectivity index (χ3v) is 5.04. The molecule has 0 radical (unpaired) electrons. The Morgan fingerprint density at radius 1 is 1.21 bits per heavy atom. The summed E-state index contributed by atoms with van der Waals surface area (Å²) >= 11 is 0. The molecule has 0 unspecified atom stereocenters. The van der Waals surface area contributed by atoms with E-state index in [1.165, 1.54) is 33.3 Å². The van der Waals surface area contributed by atoms with Crippen LogP contribution in [-0.2, 0) is 14.8 Å². The first-order valence-electron chi connectivity index (χ1n) is 7.83. The van der Waals surface area contributed by atoms with Crippen LogP contribution in [0, 0.1) is 0 Å². The minimum atomic E-state index is -3.77. The maximum atomic E-state index is 12.5. The summed E-state index contributed by atoms with van der Waals surface area (Å²) in [7, 11) is -0.902. The Morgan fingerprint density at radius 2 is 1.92 bits per heavy atom. The lowest BCUT2D eigenvalue weighted by Gasteiger charge is -2.21. The molecule has 0 saturated carbocycles. The Morgan fingerprint density at radius 3 is 2.46 bits per heavy atom. The molecule has 0 aliphatic heterocycles. The van der Waals surface area contributed by atoms with E-state index in [4.69, 9.17) is 9.47 Å². The highest BCUT2D eigenvalue weighted by molar-refractivity contribution is 7.89. The number of amides is 1. The van der Waals surface area contributed by atoms with Crippen molar-refractivity contribution >= 4 is 15.9 Å². The number of methoxy groups -OCH3 is 2. The SMILES string of the molecule is CCCCN(CCNS(=O)(=O)c1cc(OC)ccc1OC)C(C)=O. The van der Waals surface area contributed by atoms with E-state index in [0.29, 0.717) is 18.8 Å². The second-order valence-corrected chi connectivity index (χ2v) is 7.01. The fraction of sp³-hybridized carbons (Fsp3) is 0.562. The van der Waals surface area contributed by atoms with E-state index in [-0.39, 0.29) is 23.1 Å². The summed E-state index contributed by atoms with van der Waals surface area (Å²) < 4.78 is 37.7. The van der Waals surface area contributed by atoms with E-state index in [0.717, 1.165) is 12.8 Å². The predicted octanol–water partition coefficient (Wildman–Crippen LogP) is 1.63. The van der Waals surface area contributed by atoms with Gasteiger partial charge in [0.05, 0.1) is 14.2 Å². The quantitative estimate of drug-likeness (QED) is 0.687. The number of carbonyl (C=O) groups excluding carboxylic acids is 1. The topological polar surface area (TPSA) is 84.9 Å². The van der Waals surface area contributed by atoms with Gasteiger partial charge in [-0.15, -0.1) is 0 Å². The summed E-state index contributed by atoms with van der Waals surface area (Å²) in [6.07, 6.45) is 1.85. The molecule has 0 spiro atoms. The zero-order valence-electron chi connectivity index (χ0n) is 14.7. The van der Waals surface area contributed by atoms with Crippen LogP contribution in [0.5, 0.6) is 11.5 Å². The number of unbranched alkanes of at least 4 members (excludes halogenated alkanes) is 1. The first kappa shape index (κ1) is 20.2. The van der Waals surface area contributed by atoms with Crippen LogP contribution < -0.4 is 14.2 Å². The van der Waals surface area contributed by atoms with Crippen molar-refractivity contribution in [2.24, 2.45) is 0 Å². The van der Waals surface area contributed by atoms with Crippen molar-refractivity contribution in [1.82, 2.24) is 9.62 Å². The number of hydrogen-bond donors (Lipinski definition) is 1. The van der Waals surface area contributed by atoms with Crippen molar-refractivity contribution in [3.05, 3.63) is 18.2 Å². The van der Waals surface area contributed by atoms with Crippen LogP contribution in [-0.4, -0.2) is 53.1 Å². The monoisotopic (exact) mass is 358 g/mol. The van der Waals surface area contributed by atoms with Gasteiger partial charge in [-0.05, 0) is 18.6 Å². The van der Waals surface area contributed by atoms with Gasteiger partial charge in [0.25, 0.3) is 0 Å². The van der Waals surface area contributed by atoms with Crippen LogP contribution in [0.3, 0.4) is 0 Å². The molecule has 136 valence electrons. The molecule has 1 N–H and O–H groups in total. The average Bonchev–Trinajstić information content (AvgIpc) is 2.56. The minimum absolute atomic E-state index is 0.00674. The van der Waals surface area contributed by atoms with Gasteiger partial charge in [-0.3, -0.25) is 4.79 Å². The molecule has 8 heteroatoms. The molecule has 0 fully saturated rings. The molecule has 0 bridgehead atoms. The molecule has 1 aromatic carbocycles. The Hall–Kier alpha value is -1.80. The van der Waals surface area contributed by atoms with Crippen LogP contribution in [0.1, 0.15) is 26.7 Å². The van der Waals surface area contributed by atoms with Gasteiger partial charge in [0.15, 0.2) is 0 Å². The Balaban J connectivity index is 2.81. The third kappa shape index (κ3) is 5.68. The van der Waals surface area contributed by atoms with E-state index < -0.39 is 10.0 Å². The molecule has 0 aromatic heterocycles. The lowest BCUT2D eigenvalue weighted by molar-refractivity contribution is -0.128. The number of rotatable bonds is 10. The molecule has 7 nitrogen and oxygen atoms in total. The van der Waals surface area contributed by atoms with Crippen LogP contribution >= 0.6 is 0 Å². The fourth-order valence-corrected chi connectivity index (χ4v) is 3.37.